The Balaban J connectivity index is 2.73. The minimum atomic E-state index is -0.453. The first-order chi connectivity index (χ1) is 7.66. The molecule has 0 aliphatic rings. The highest BCUT2D eigenvalue weighted by Crippen LogP contribution is 2.23. The first-order valence-corrected chi connectivity index (χ1v) is 5.59. The molecule has 4 nitrogen and oxygen atoms in total. The zero-order valence-electron chi connectivity index (χ0n) is 9.62. The van der Waals surface area contributed by atoms with Crippen LogP contribution in [0.4, 0.5) is 11.4 Å². The molecular formula is C12H19N3O. The molecule has 0 aliphatic carbocycles. The Morgan fingerprint density at radius 2 is 2.12 bits per heavy atom. The van der Waals surface area contributed by atoms with Gasteiger partial charge in [-0.3, -0.25) is 4.79 Å². The van der Waals surface area contributed by atoms with Crippen molar-refractivity contribution in [3.05, 3.63) is 23.8 Å². The van der Waals surface area contributed by atoms with E-state index in [9.17, 15) is 4.79 Å². The molecule has 0 aromatic heterocycles. The normalized spacial score (nSPS) is 10.1. The lowest BCUT2D eigenvalue weighted by atomic mass is 10.1. The predicted molar refractivity (Wildman–Crippen MR) is 67.4 cm³/mol. The fraction of sp³-hybridized carbons (Fsp3) is 0.417. The molecule has 0 unspecified atom stereocenters. The van der Waals surface area contributed by atoms with Gasteiger partial charge in [-0.25, -0.2) is 0 Å². The van der Waals surface area contributed by atoms with Crippen molar-refractivity contribution in [2.75, 3.05) is 17.6 Å². The van der Waals surface area contributed by atoms with E-state index in [2.05, 4.69) is 12.2 Å². The lowest BCUT2D eigenvalue weighted by molar-refractivity contribution is 0.100. The molecule has 0 spiro atoms. The molecular weight excluding hydrogens is 202 g/mol. The highest BCUT2D eigenvalue weighted by Gasteiger charge is 2.09. The van der Waals surface area contributed by atoms with Gasteiger partial charge in [0.2, 0.25) is 0 Å². The minimum Gasteiger partial charge on any atom is -0.397 e. The highest BCUT2D eigenvalue weighted by atomic mass is 16.1. The lowest BCUT2D eigenvalue weighted by Gasteiger charge is -2.12. The zero-order valence-corrected chi connectivity index (χ0v) is 9.62. The van der Waals surface area contributed by atoms with E-state index in [0.29, 0.717) is 16.9 Å². The topological polar surface area (TPSA) is 81.1 Å². The van der Waals surface area contributed by atoms with Crippen LogP contribution in [0.15, 0.2) is 18.2 Å². The number of unbranched alkanes of at least 4 members (excludes halogenated alkanes) is 2. The predicted octanol–water partition coefficient (Wildman–Crippen LogP) is 1.97. The summed E-state index contributed by atoms with van der Waals surface area (Å²) in [7, 11) is 0. The van der Waals surface area contributed by atoms with E-state index in [0.717, 1.165) is 25.8 Å². The van der Waals surface area contributed by atoms with Crippen LogP contribution in [-0.2, 0) is 0 Å². The average Bonchev–Trinajstić information content (AvgIpc) is 2.25. The highest BCUT2D eigenvalue weighted by molar-refractivity contribution is 6.01. The molecule has 16 heavy (non-hydrogen) atoms. The SMILES string of the molecule is CCCCCNc1c(N)cccc1C(N)=O. The van der Waals surface area contributed by atoms with E-state index in [1.54, 1.807) is 18.2 Å². The van der Waals surface area contributed by atoms with E-state index >= 15 is 0 Å². The Kier molecular flexibility index (Phi) is 4.64. The average molecular weight is 221 g/mol. The van der Waals surface area contributed by atoms with Gasteiger partial charge in [-0.05, 0) is 18.6 Å². The third-order valence-corrected chi connectivity index (χ3v) is 2.44. The number of anilines is 2. The second-order valence-electron chi connectivity index (χ2n) is 3.77. The second kappa shape index (κ2) is 6.00. The van der Waals surface area contributed by atoms with Crippen molar-refractivity contribution in [1.82, 2.24) is 0 Å². The molecule has 88 valence electrons. The van der Waals surface area contributed by atoms with Gasteiger partial charge in [0, 0.05) is 6.54 Å². The largest absolute Gasteiger partial charge is 0.397 e. The van der Waals surface area contributed by atoms with Crippen molar-refractivity contribution in [1.29, 1.82) is 0 Å². The summed E-state index contributed by atoms with van der Waals surface area (Å²) in [5.41, 5.74) is 12.8. The molecule has 1 amide bonds. The summed E-state index contributed by atoms with van der Waals surface area (Å²) in [5.74, 6) is -0.453. The molecule has 0 fully saturated rings. The zero-order chi connectivity index (χ0) is 12.0. The second-order valence-corrected chi connectivity index (χ2v) is 3.77. The Bertz CT molecular complexity index is 363. The van der Waals surface area contributed by atoms with Gasteiger partial charge in [0.15, 0.2) is 0 Å². The van der Waals surface area contributed by atoms with E-state index in [-0.39, 0.29) is 0 Å². The number of benzene rings is 1. The summed E-state index contributed by atoms with van der Waals surface area (Å²) >= 11 is 0. The summed E-state index contributed by atoms with van der Waals surface area (Å²) in [6, 6.07) is 5.17. The maximum absolute atomic E-state index is 11.2. The Hall–Kier alpha value is -1.71. The van der Waals surface area contributed by atoms with Gasteiger partial charge in [0.05, 0.1) is 16.9 Å². The first kappa shape index (κ1) is 12.4. The molecule has 0 heterocycles. The third kappa shape index (κ3) is 3.15. The van der Waals surface area contributed by atoms with Gasteiger partial charge in [-0.2, -0.15) is 0 Å². The fourth-order valence-corrected chi connectivity index (χ4v) is 1.56. The lowest BCUT2D eigenvalue weighted by Crippen LogP contribution is -2.16. The summed E-state index contributed by atoms with van der Waals surface area (Å²) in [6.45, 7) is 2.95. The molecule has 0 atom stereocenters. The van der Waals surface area contributed by atoms with Crippen molar-refractivity contribution < 1.29 is 4.79 Å². The molecule has 0 aliphatic heterocycles. The van der Waals surface area contributed by atoms with Gasteiger partial charge < -0.3 is 16.8 Å². The molecule has 0 radical (unpaired) electrons. The summed E-state index contributed by atoms with van der Waals surface area (Å²) in [5, 5.41) is 3.17. The summed E-state index contributed by atoms with van der Waals surface area (Å²) in [6.07, 6.45) is 3.38. The number of amides is 1. The number of hydrogen-bond acceptors (Lipinski definition) is 3. The number of nitrogens with two attached hydrogens (primary N) is 2. The van der Waals surface area contributed by atoms with Crippen LogP contribution in [0.2, 0.25) is 0 Å². The van der Waals surface area contributed by atoms with Crippen molar-refractivity contribution in [2.24, 2.45) is 5.73 Å². The Labute approximate surface area is 96.0 Å². The van der Waals surface area contributed by atoms with E-state index < -0.39 is 5.91 Å². The number of carbonyl (C=O) groups is 1. The van der Waals surface area contributed by atoms with Crippen LogP contribution in [0.5, 0.6) is 0 Å². The van der Waals surface area contributed by atoms with Gasteiger partial charge in [-0.15, -0.1) is 0 Å². The van der Waals surface area contributed by atoms with Crippen LogP contribution in [0.1, 0.15) is 36.5 Å². The van der Waals surface area contributed by atoms with Crippen molar-refractivity contribution in [3.63, 3.8) is 0 Å². The van der Waals surface area contributed by atoms with Crippen LogP contribution in [-0.4, -0.2) is 12.5 Å². The monoisotopic (exact) mass is 221 g/mol. The molecule has 0 bridgehead atoms. The van der Waals surface area contributed by atoms with Crippen molar-refractivity contribution in [2.45, 2.75) is 26.2 Å². The number of nitrogens with one attached hydrogen (secondary N) is 1. The first-order valence-electron chi connectivity index (χ1n) is 5.59. The Morgan fingerprint density at radius 1 is 1.38 bits per heavy atom. The number of para-hydroxylation sites is 1. The summed E-state index contributed by atoms with van der Waals surface area (Å²) < 4.78 is 0. The maximum atomic E-state index is 11.2. The van der Waals surface area contributed by atoms with E-state index in [4.69, 9.17) is 11.5 Å². The van der Waals surface area contributed by atoms with E-state index in [1.165, 1.54) is 0 Å². The third-order valence-electron chi connectivity index (χ3n) is 2.44. The molecule has 1 rings (SSSR count). The van der Waals surface area contributed by atoms with Crippen LogP contribution in [0.3, 0.4) is 0 Å². The summed E-state index contributed by atoms with van der Waals surface area (Å²) in [4.78, 5) is 11.2. The standard InChI is InChI=1S/C12H19N3O/c1-2-3-4-8-15-11-9(12(14)16)6-5-7-10(11)13/h5-7,15H,2-4,8,13H2,1H3,(H2,14,16). The molecule has 1 aromatic carbocycles. The molecule has 5 N–H and O–H groups in total. The van der Waals surface area contributed by atoms with E-state index in [1.807, 2.05) is 0 Å². The van der Waals surface area contributed by atoms with Crippen LogP contribution in [0, 0.1) is 0 Å². The van der Waals surface area contributed by atoms with Crippen molar-refractivity contribution in [3.8, 4) is 0 Å². The minimum absolute atomic E-state index is 0.453. The number of rotatable bonds is 6. The molecule has 1 aromatic rings. The Morgan fingerprint density at radius 3 is 2.75 bits per heavy atom. The van der Waals surface area contributed by atoms with Gasteiger partial charge in [0.1, 0.15) is 0 Å². The number of hydrogen-bond donors (Lipinski definition) is 3. The molecule has 0 saturated carbocycles. The number of primary amides is 1. The molecule has 0 saturated heterocycles. The van der Waals surface area contributed by atoms with Gasteiger partial charge in [0.25, 0.3) is 5.91 Å². The quantitative estimate of drug-likeness (QED) is 0.507. The van der Waals surface area contributed by atoms with Crippen LogP contribution >= 0.6 is 0 Å². The van der Waals surface area contributed by atoms with Gasteiger partial charge >= 0.3 is 0 Å². The molecule has 4 heteroatoms. The number of nitrogen functional groups attached to an aromatic ring is 1. The van der Waals surface area contributed by atoms with Gasteiger partial charge in [-0.1, -0.05) is 25.8 Å². The smallest absolute Gasteiger partial charge is 0.250 e. The fourth-order valence-electron chi connectivity index (χ4n) is 1.56. The van der Waals surface area contributed by atoms with Crippen molar-refractivity contribution >= 4 is 17.3 Å². The maximum Gasteiger partial charge on any atom is 0.250 e. The van der Waals surface area contributed by atoms with Crippen LogP contribution in [0.25, 0.3) is 0 Å². The number of carbonyl (C=O) groups excluding carboxylic acids is 1. The van der Waals surface area contributed by atoms with Crippen LogP contribution < -0.4 is 16.8 Å².